The second-order valence-electron chi connectivity index (χ2n) is 3.95. The van der Waals surface area contributed by atoms with Gasteiger partial charge < -0.3 is 25.4 Å². The molecule has 17 heavy (non-hydrogen) atoms. The third kappa shape index (κ3) is 2.97. The van der Waals surface area contributed by atoms with E-state index >= 15 is 0 Å². The third-order valence-electron chi connectivity index (χ3n) is 2.65. The van der Waals surface area contributed by atoms with Gasteiger partial charge >= 0.3 is 0 Å². The third-order valence-corrected chi connectivity index (χ3v) is 3.18. The Morgan fingerprint density at radius 2 is 1.76 bits per heavy atom. The first-order valence-corrected chi connectivity index (χ1v) is 6.05. The quantitative estimate of drug-likeness (QED) is 0.632. The second kappa shape index (κ2) is 5.32. The van der Waals surface area contributed by atoms with Gasteiger partial charge in [0.15, 0.2) is 6.23 Å². The summed E-state index contributed by atoms with van der Waals surface area (Å²) in [6.07, 6.45) is -4.14. The van der Waals surface area contributed by atoms with Crippen molar-refractivity contribution in [2.75, 3.05) is 11.9 Å². The highest BCUT2D eigenvalue weighted by molar-refractivity contribution is 9.10. The Hall–Kier alpha value is -0.660. The first-order chi connectivity index (χ1) is 8.08. The van der Waals surface area contributed by atoms with Gasteiger partial charge in [-0.15, -0.1) is 0 Å². The van der Waals surface area contributed by atoms with E-state index in [9.17, 15) is 15.3 Å². The SMILES string of the molecule is O[C@H]1[C@H](O)[C@@H](Nc2ccc(Br)cc2)OC[C@H]1O. The first-order valence-electron chi connectivity index (χ1n) is 5.26. The van der Waals surface area contributed by atoms with Gasteiger partial charge in [0.25, 0.3) is 0 Å². The largest absolute Gasteiger partial charge is 0.388 e. The predicted molar refractivity (Wildman–Crippen MR) is 65.5 cm³/mol. The van der Waals surface area contributed by atoms with Crippen LogP contribution in [0.4, 0.5) is 5.69 Å². The van der Waals surface area contributed by atoms with E-state index in [4.69, 9.17) is 4.74 Å². The molecule has 0 unspecified atom stereocenters. The number of rotatable bonds is 2. The van der Waals surface area contributed by atoms with Crippen LogP contribution in [0.5, 0.6) is 0 Å². The van der Waals surface area contributed by atoms with E-state index in [-0.39, 0.29) is 6.61 Å². The Morgan fingerprint density at radius 3 is 2.41 bits per heavy atom. The minimum Gasteiger partial charge on any atom is -0.388 e. The maximum Gasteiger partial charge on any atom is 0.156 e. The van der Waals surface area contributed by atoms with Crippen LogP contribution in [-0.4, -0.2) is 46.5 Å². The van der Waals surface area contributed by atoms with Crippen molar-refractivity contribution in [3.8, 4) is 0 Å². The molecule has 6 heteroatoms. The molecule has 5 nitrogen and oxygen atoms in total. The Bertz CT molecular complexity index is 372. The maximum atomic E-state index is 9.72. The van der Waals surface area contributed by atoms with Gasteiger partial charge in [-0.2, -0.15) is 0 Å². The highest BCUT2D eigenvalue weighted by Gasteiger charge is 2.37. The Balaban J connectivity index is 2.01. The summed E-state index contributed by atoms with van der Waals surface area (Å²) in [6.45, 7) is -0.00752. The van der Waals surface area contributed by atoms with Crippen molar-refractivity contribution in [1.82, 2.24) is 0 Å². The number of anilines is 1. The van der Waals surface area contributed by atoms with Crippen LogP contribution in [0.2, 0.25) is 0 Å². The minimum atomic E-state index is -1.20. The average Bonchev–Trinajstić information content (AvgIpc) is 2.33. The van der Waals surface area contributed by atoms with Crippen LogP contribution in [0, 0.1) is 0 Å². The second-order valence-corrected chi connectivity index (χ2v) is 4.87. The molecular formula is C11H14BrNO4. The molecule has 0 amide bonds. The smallest absolute Gasteiger partial charge is 0.156 e. The van der Waals surface area contributed by atoms with Crippen molar-refractivity contribution in [3.63, 3.8) is 0 Å². The molecule has 0 bridgehead atoms. The maximum absolute atomic E-state index is 9.72. The van der Waals surface area contributed by atoms with Crippen LogP contribution >= 0.6 is 15.9 Å². The van der Waals surface area contributed by atoms with Gasteiger partial charge in [0.2, 0.25) is 0 Å². The normalized spacial score (nSPS) is 33.4. The van der Waals surface area contributed by atoms with Crippen LogP contribution in [0.25, 0.3) is 0 Å². The summed E-state index contributed by atoms with van der Waals surface area (Å²) in [7, 11) is 0. The minimum absolute atomic E-state index is 0.00752. The van der Waals surface area contributed by atoms with E-state index in [1.807, 2.05) is 24.3 Å². The molecule has 2 rings (SSSR count). The zero-order valence-electron chi connectivity index (χ0n) is 8.95. The Labute approximate surface area is 107 Å². The van der Waals surface area contributed by atoms with E-state index in [2.05, 4.69) is 21.2 Å². The molecule has 1 fully saturated rings. The van der Waals surface area contributed by atoms with Crippen molar-refractivity contribution in [2.24, 2.45) is 0 Å². The van der Waals surface area contributed by atoms with E-state index in [0.29, 0.717) is 0 Å². The number of hydrogen-bond donors (Lipinski definition) is 4. The van der Waals surface area contributed by atoms with Gasteiger partial charge in [-0.25, -0.2) is 0 Å². The van der Waals surface area contributed by atoms with Crippen molar-refractivity contribution < 1.29 is 20.1 Å². The lowest BCUT2D eigenvalue weighted by atomic mass is 10.0. The molecule has 1 saturated heterocycles. The molecule has 0 spiro atoms. The fourth-order valence-corrected chi connectivity index (χ4v) is 1.91. The van der Waals surface area contributed by atoms with Crippen LogP contribution in [0.15, 0.2) is 28.7 Å². The molecule has 4 atom stereocenters. The molecule has 0 aromatic heterocycles. The van der Waals surface area contributed by atoms with Gasteiger partial charge in [-0.3, -0.25) is 0 Å². The van der Waals surface area contributed by atoms with Crippen molar-refractivity contribution >= 4 is 21.6 Å². The zero-order valence-corrected chi connectivity index (χ0v) is 10.5. The highest BCUT2D eigenvalue weighted by Crippen LogP contribution is 2.20. The van der Waals surface area contributed by atoms with Crippen LogP contribution < -0.4 is 5.32 Å². The monoisotopic (exact) mass is 303 g/mol. The molecule has 1 aliphatic heterocycles. The molecule has 0 radical (unpaired) electrons. The Morgan fingerprint density at radius 1 is 1.12 bits per heavy atom. The van der Waals surface area contributed by atoms with Gasteiger partial charge in [0.05, 0.1) is 6.61 Å². The molecule has 1 heterocycles. The average molecular weight is 304 g/mol. The summed E-state index contributed by atoms with van der Waals surface area (Å²) in [5.74, 6) is 0. The van der Waals surface area contributed by atoms with Crippen LogP contribution in [0.1, 0.15) is 0 Å². The van der Waals surface area contributed by atoms with E-state index in [1.54, 1.807) is 0 Å². The molecule has 1 aromatic carbocycles. The molecular weight excluding hydrogens is 290 g/mol. The van der Waals surface area contributed by atoms with Gasteiger partial charge in [-0.1, -0.05) is 15.9 Å². The standard InChI is InChI=1S/C11H14BrNO4/c12-6-1-3-7(4-2-6)13-11-10(16)9(15)8(14)5-17-11/h1-4,8-11,13-16H,5H2/t8-,9-,10+,11+/m1/s1. The molecule has 94 valence electrons. The summed E-state index contributed by atoms with van der Waals surface area (Å²) < 4.78 is 6.17. The van der Waals surface area contributed by atoms with Gasteiger partial charge in [-0.05, 0) is 24.3 Å². The first kappa shape index (κ1) is 12.8. The summed E-state index contributed by atoms with van der Waals surface area (Å²) in [4.78, 5) is 0. The number of benzene rings is 1. The fraction of sp³-hybridized carbons (Fsp3) is 0.455. The summed E-state index contributed by atoms with van der Waals surface area (Å²) in [5, 5.41) is 31.5. The van der Waals surface area contributed by atoms with Gasteiger partial charge in [0.1, 0.15) is 18.3 Å². The van der Waals surface area contributed by atoms with Gasteiger partial charge in [0, 0.05) is 10.2 Å². The predicted octanol–water partition coefficient (Wildman–Crippen LogP) is 0.300. The molecule has 1 aliphatic rings. The summed E-state index contributed by atoms with van der Waals surface area (Å²) in [6, 6.07) is 7.33. The van der Waals surface area contributed by atoms with E-state index in [1.165, 1.54) is 0 Å². The fourth-order valence-electron chi connectivity index (χ4n) is 1.64. The molecule has 0 aliphatic carbocycles. The molecule has 4 N–H and O–H groups in total. The lowest BCUT2D eigenvalue weighted by molar-refractivity contribution is -0.178. The number of ether oxygens (including phenoxy) is 1. The Kier molecular flexibility index (Phi) is 4.01. The zero-order chi connectivity index (χ0) is 12.4. The topological polar surface area (TPSA) is 82.0 Å². The number of aliphatic hydroxyl groups is 3. The lowest BCUT2D eigenvalue weighted by Gasteiger charge is -2.35. The van der Waals surface area contributed by atoms with Crippen molar-refractivity contribution in [3.05, 3.63) is 28.7 Å². The summed E-state index contributed by atoms with van der Waals surface area (Å²) >= 11 is 3.32. The summed E-state index contributed by atoms with van der Waals surface area (Å²) in [5.41, 5.74) is 0.765. The van der Waals surface area contributed by atoms with Crippen LogP contribution in [-0.2, 0) is 4.74 Å². The molecule has 0 saturated carbocycles. The number of nitrogens with one attached hydrogen (secondary N) is 1. The van der Waals surface area contributed by atoms with E-state index in [0.717, 1.165) is 10.2 Å². The van der Waals surface area contributed by atoms with Crippen LogP contribution in [0.3, 0.4) is 0 Å². The number of aliphatic hydroxyl groups excluding tert-OH is 3. The highest BCUT2D eigenvalue weighted by atomic mass is 79.9. The molecule has 1 aromatic rings. The number of halogens is 1. The lowest BCUT2D eigenvalue weighted by Crippen LogP contribution is -2.55. The number of hydrogen-bond acceptors (Lipinski definition) is 5. The van der Waals surface area contributed by atoms with Crippen molar-refractivity contribution in [2.45, 2.75) is 24.5 Å². The van der Waals surface area contributed by atoms with E-state index < -0.39 is 24.5 Å². The van der Waals surface area contributed by atoms with Crippen molar-refractivity contribution in [1.29, 1.82) is 0 Å².